The van der Waals surface area contributed by atoms with Gasteiger partial charge in [-0.15, -0.1) is 0 Å². The average Bonchev–Trinajstić information content (AvgIpc) is 3.21. The van der Waals surface area contributed by atoms with Gasteiger partial charge in [-0.2, -0.15) is 0 Å². The third-order valence-electron chi connectivity index (χ3n) is 4.04. The molecule has 0 aliphatic heterocycles. The summed E-state index contributed by atoms with van der Waals surface area (Å²) >= 11 is 5.90. The molecule has 2 aromatic carbocycles. The Kier molecular flexibility index (Phi) is 3.78. The summed E-state index contributed by atoms with van der Waals surface area (Å²) < 4.78 is 7.12. The van der Waals surface area contributed by atoms with Crippen LogP contribution in [-0.2, 0) is 6.54 Å². The molecule has 25 heavy (non-hydrogen) atoms. The minimum atomic E-state index is -0.978. The smallest absolute Gasteiger partial charge is 0.352 e. The maximum Gasteiger partial charge on any atom is 0.352 e. The lowest BCUT2D eigenvalue weighted by Crippen LogP contribution is -2.08. The molecule has 0 fully saturated rings. The molecule has 0 saturated heterocycles. The zero-order chi connectivity index (χ0) is 17.4. The molecule has 0 atom stereocenters. The van der Waals surface area contributed by atoms with Crippen molar-refractivity contribution in [2.75, 3.05) is 0 Å². The number of fused-ring (bicyclic) bond motifs is 1. The second kappa shape index (κ2) is 6.11. The molecular formula is C19H13ClN2O3. The summed E-state index contributed by atoms with van der Waals surface area (Å²) in [6.07, 6.45) is 0. The molecule has 0 amide bonds. The normalized spacial score (nSPS) is 11.1. The number of carboxylic acid groups (broad SMARTS) is 1. The molecule has 0 bridgehead atoms. The molecule has 0 aliphatic carbocycles. The van der Waals surface area contributed by atoms with Crippen molar-refractivity contribution in [1.82, 2.24) is 9.72 Å². The Morgan fingerprint density at radius 3 is 2.64 bits per heavy atom. The number of carboxylic acids is 1. The molecule has 2 aromatic heterocycles. The Labute approximate surface area is 148 Å². The van der Waals surface area contributed by atoms with E-state index in [1.54, 1.807) is 22.8 Å². The highest BCUT2D eigenvalue weighted by molar-refractivity contribution is 6.30. The van der Waals surface area contributed by atoms with Crippen LogP contribution >= 0.6 is 11.6 Å². The van der Waals surface area contributed by atoms with Crippen molar-refractivity contribution in [2.24, 2.45) is 0 Å². The average molecular weight is 353 g/mol. The standard InChI is InChI=1S/C19H13ClN2O3/c20-14-7-5-12(6-8-14)16-10-15(25-21-16)11-22-17-4-2-1-3-13(17)9-18(22)19(23)24/h1-10H,11H2,(H,23,24). The molecule has 0 aliphatic rings. The number of aromatic nitrogens is 2. The molecule has 0 radical (unpaired) electrons. The summed E-state index contributed by atoms with van der Waals surface area (Å²) in [6, 6.07) is 18.3. The van der Waals surface area contributed by atoms with Crippen molar-refractivity contribution in [1.29, 1.82) is 0 Å². The van der Waals surface area contributed by atoms with Crippen molar-refractivity contribution in [3.63, 3.8) is 0 Å². The minimum Gasteiger partial charge on any atom is -0.477 e. The van der Waals surface area contributed by atoms with Gasteiger partial charge < -0.3 is 14.2 Å². The third-order valence-corrected chi connectivity index (χ3v) is 4.29. The molecule has 0 saturated carbocycles. The predicted octanol–water partition coefficient (Wildman–Crippen LogP) is 4.70. The van der Waals surface area contributed by atoms with E-state index in [1.807, 2.05) is 42.5 Å². The Morgan fingerprint density at radius 2 is 1.88 bits per heavy atom. The Balaban J connectivity index is 1.71. The molecule has 0 unspecified atom stereocenters. The van der Waals surface area contributed by atoms with Gasteiger partial charge >= 0.3 is 5.97 Å². The van der Waals surface area contributed by atoms with E-state index < -0.39 is 5.97 Å². The maximum atomic E-state index is 11.6. The maximum absolute atomic E-state index is 11.6. The first kappa shape index (κ1) is 15.5. The van der Waals surface area contributed by atoms with Gasteiger partial charge in [-0.25, -0.2) is 4.79 Å². The van der Waals surface area contributed by atoms with Crippen molar-refractivity contribution in [3.8, 4) is 11.3 Å². The zero-order valence-corrected chi connectivity index (χ0v) is 13.8. The summed E-state index contributed by atoms with van der Waals surface area (Å²) in [4.78, 5) is 11.6. The molecule has 6 heteroatoms. The van der Waals surface area contributed by atoms with Gasteiger partial charge in [0, 0.05) is 27.6 Å². The lowest BCUT2D eigenvalue weighted by Gasteiger charge is -2.05. The van der Waals surface area contributed by atoms with Crippen LogP contribution in [0.2, 0.25) is 5.02 Å². The summed E-state index contributed by atoms with van der Waals surface area (Å²) in [5.74, 6) is -0.401. The van der Waals surface area contributed by atoms with Gasteiger partial charge in [0.15, 0.2) is 5.76 Å². The van der Waals surface area contributed by atoms with Crippen LogP contribution in [0.4, 0.5) is 0 Å². The van der Waals surface area contributed by atoms with Gasteiger partial charge in [-0.1, -0.05) is 47.1 Å². The Morgan fingerprint density at radius 1 is 1.12 bits per heavy atom. The van der Waals surface area contributed by atoms with Gasteiger partial charge in [-0.05, 0) is 24.3 Å². The van der Waals surface area contributed by atoms with E-state index in [1.165, 1.54) is 0 Å². The van der Waals surface area contributed by atoms with E-state index in [2.05, 4.69) is 5.16 Å². The molecule has 2 heterocycles. The largest absolute Gasteiger partial charge is 0.477 e. The summed E-state index contributed by atoms with van der Waals surface area (Å²) in [6.45, 7) is 0.287. The van der Waals surface area contributed by atoms with Gasteiger partial charge in [-0.3, -0.25) is 0 Å². The summed E-state index contributed by atoms with van der Waals surface area (Å²) in [5.41, 5.74) is 2.62. The van der Waals surface area contributed by atoms with E-state index in [-0.39, 0.29) is 12.2 Å². The van der Waals surface area contributed by atoms with Gasteiger partial charge in [0.1, 0.15) is 11.4 Å². The van der Waals surface area contributed by atoms with E-state index in [0.717, 1.165) is 16.5 Å². The van der Waals surface area contributed by atoms with Crippen LogP contribution in [0.3, 0.4) is 0 Å². The number of hydrogen-bond donors (Lipinski definition) is 1. The molecular weight excluding hydrogens is 340 g/mol. The van der Waals surface area contributed by atoms with Crippen LogP contribution < -0.4 is 0 Å². The molecule has 4 rings (SSSR count). The van der Waals surface area contributed by atoms with Crippen LogP contribution in [0.15, 0.2) is 65.2 Å². The van der Waals surface area contributed by atoms with Crippen LogP contribution in [0.25, 0.3) is 22.2 Å². The number of carbonyl (C=O) groups is 1. The SMILES string of the molecule is O=C(O)c1cc2ccccc2n1Cc1cc(-c2ccc(Cl)cc2)no1. The molecule has 1 N–H and O–H groups in total. The lowest BCUT2D eigenvalue weighted by atomic mass is 10.1. The van der Waals surface area contributed by atoms with E-state index in [0.29, 0.717) is 16.5 Å². The van der Waals surface area contributed by atoms with E-state index >= 15 is 0 Å². The van der Waals surface area contributed by atoms with Crippen molar-refractivity contribution < 1.29 is 14.4 Å². The fourth-order valence-corrected chi connectivity index (χ4v) is 2.98. The lowest BCUT2D eigenvalue weighted by molar-refractivity contribution is 0.0686. The summed E-state index contributed by atoms with van der Waals surface area (Å²) in [7, 11) is 0. The van der Waals surface area contributed by atoms with Crippen LogP contribution in [-0.4, -0.2) is 20.8 Å². The zero-order valence-electron chi connectivity index (χ0n) is 13.0. The van der Waals surface area contributed by atoms with Gasteiger partial charge in [0.05, 0.1) is 6.54 Å². The van der Waals surface area contributed by atoms with E-state index in [9.17, 15) is 9.90 Å². The van der Waals surface area contributed by atoms with E-state index in [4.69, 9.17) is 16.1 Å². The fraction of sp³-hybridized carbons (Fsp3) is 0.0526. The number of rotatable bonds is 4. The van der Waals surface area contributed by atoms with Crippen molar-refractivity contribution in [3.05, 3.63) is 77.1 Å². The second-order valence-electron chi connectivity index (χ2n) is 5.67. The molecule has 124 valence electrons. The second-order valence-corrected chi connectivity index (χ2v) is 6.10. The number of aromatic carboxylic acids is 1. The Hall–Kier alpha value is -3.05. The summed E-state index contributed by atoms with van der Waals surface area (Å²) in [5, 5.41) is 15.1. The van der Waals surface area contributed by atoms with Gasteiger partial charge in [0.2, 0.25) is 0 Å². The fourth-order valence-electron chi connectivity index (χ4n) is 2.86. The van der Waals surface area contributed by atoms with Crippen LogP contribution in [0.1, 0.15) is 16.2 Å². The van der Waals surface area contributed by atoms with Crippen molar-refractivity contribution >= 4 is 28.5 Å². The Bertz CT molecular complexity index is 1060. The van der Waals surface area contributed by atoms with Crippen LogP contribution in [0, 0.1) is 0 Å². The highest BCUT2D eigenvalue weighted by Gasteiger charge is 2.16. The van der Waals surface area contributed by atoms with Gasteiger partial charge in [0.25, 0.3) is 0 Å². The highest BCUT2D eigenvalue weighted by Crippen LogP contribution is 2.24. The minimum absolute atomic E-state index is 0.214. The highest BCUT2D eigenvalue weighted by atomic mass is 35.5. The first-order valence-corrected chi connectivity index (χ1v) is 8.03. The topological polar surface area (TPSA) is 68.3 Å². The number of halogens is 1. The quantitative estimate of drug-likeness (QED) is 0.578. The number of benzene rings is 2. The molecule has 4 aromatic rings. The third kappa shape index (κ3) is 2.90. The first-order valence-electron chi connectivity index (χ1n) is 7.65. The number of nitrogens with zero attached hydrogens (tertiary/aromatic N) is 2. The molecule has 5 nitrogen and oxygen atoms in total. The number of para-hydroxylation sites is 1. The number of hydrogen-bond acceptors (Lipinski definition) is 3. The predicted molar refractivity (Wildman–Crippen MR) is 94.9 cm³/mol. The van der Waals surface area contributed by atoms with Crippen LogP contribution in [0.5, 0.6) is 0 Å². The monoisotopic (exact) mass is 352 g/mol. The molecule has 0 spiro atoms. The van der Waals surface area contributed by atoms with Crippen molar-refractivity contribution in [2.45, 2.75) is 6.54 Å². The first-order chi connectivity index (χ1) is 12.1.